The van der Waals surface area contributed by atoms with Gasteiger partial charge in [-0.1, -0.05) is 12.2 Å². The smallest absolute Gasteiger partial charge is 0.229 e. The summed E-state index contributed by atoms with van der Waals surface area (Å²) in [7, 11) is 0. The molecule has 0 saturated carbocycles. The van der Waals surface area contributed by atoms with Crippen LogP contribution in [0.25, 0.3) is 0 Å². The van der Waals surface area contributed by atoms with Crippen LogP contribution in [0, 0.1) is 11.4 Å². The van der Waals surface area contributed by atoms with Gasteiger partial charge in [-0.3, -0.25) is 0 Å². The first-order chi connectivity index (χ1) is 9.45. The van der Waals surface area contributed by atoms with Crippen molar-refractivity contribution in [3.63, 3.8) is 0 Å². The number of hydrogen-bond donors (Lipinski definition) is 4. The Hall–Kier alpha value is -1.03. The summed E-state index contributed by atoms with van der Waals surface area (Å²) >= 11 is 5.07. The van der Waals surface area contributed by atoms with Crippen LogP contribution in [-0.4, -0.2) is 57.7 Å². The fraction of sp³-hybridized carbons (Fsp3) is 0.583. The summed E-state index contributed by atoms with van der Waals surface area (Å²) in [6.07, 6.45) is -5.32. The van der Waals surface area contributed by atoms with E-state index in [1.54, 1.807) is 6.92 Å². The number of hydrogen-bond acceptors (Lipinski definition) is 8. The van der Waals surface area contributed by atoms with Crippen LogP contribution in [0.4, 0.5) is 0 Å². The summed E-state index contributed by atoms with van der Waals surface area (Å²) in [5.41, 5.74) is 0. The van der Waals surface area contributed by atoms with Gasteiger partial charge in [-0.05, 0) is 13.0 Å². The molecule has 7 nitrogen and oxygen atoms in total. The minimum absolute atomic E-state index is 0.201. The zero-order chi connectivity index (χ0) is 14.9. The van der Waals surface area contributed by atoms with Crippen molar-refractivity contribution < 1.29 is 34.3 Å². The molecule has 2 heterocycles. The molecule has 5 unspecified atom stereocenters. The lowest BCUT2D eigenvalue weighted by Crippen LogP contribution is -2.60. The quantitative estimate of drug-likeness (QED) is 0.553. The first-order valence-electron chi connectivity index (χ1n) is 6.01. The average molecular weight is 304 g/mol. The Morgan fingerprint density at radius 1 is 1.25 bits per heavy atom. The van der Waals surface area contributed by atoms with Gasteiger partial charge in [0.15, 0.2) is 5.75 Å². The monoisotopic (exact) mass is 304 g/mol. The summed E-state index contributed by atoms with van der Waals surface area (Å²) in [4.78, 5) is 0. The van der Waals surface area contributed by atoms with Crippen LogP contribution in [0.15, 0.2) is 16.7 Å². The summed E-state index contributed by atoms with van der Waals surface area (Å²) in [6.45, 7) is 1.10. The Morgan fingerprint density at radius 2 is 1.95 bits per heavy atom. The Morgan fingerprint density at radius 3 is 2.55 bits per heavy atom. The first kappa shape index (κ1) is 15.4. The van der Waals surface area contributed by atoms with E-state index >= 15 is 0 Å². The lowest BCUT2D eigenvalue weighted by molar-refractivity contribution is -0.277. The first-order valence-corrected chi connectivity index (χ1v) is 6.42. The zero-order valence-corrected chi connectivity index (χ0v) is 11.5. The van der Waals surface area contributed by atoms with Crippen LogP contribution < -0.4 is 4.74 Å². The van der Waals surface area contributed by atoms with Crippen molar-refractivity contribution >= 4 is 12.2 Å². The molecule has 20 heavy (non-hydrogen) atoms. The topological polar surface area (TPSA) is 113 Å². The molecule has 4 N–H and O–H groups in total. The summed E-state index contributed by atoms with van der Waals surface area (Å²) in [5, 5.41) is 38.3. The molecule has 0 spiro atoms. The molecule has 112 valence electrons. The lowest BCUT2D eigenvalue weighted by atomic mass is 9.99. The van der Waals surface area contributed by atoms with Gasteiger partial charge in [0.05, 0.1) is 17.4 Å². The van der Waals surface area contributed by atoms with Crippen LogP contribution in [-0.2, 0) is 4.74 Å². The highest BCUT2D eigenvalue weighted by Gasteiger charge is 2.44. The van der Waals surface area contributed by atoms with Crippen LogP contribution in [0.5, 0.6) is 5.75 Å². The summed E-state index contributed by atoms with van der Waals surface area (Å²) in [5.74, 6) is 0.585. The van der Waals surface area contributed by atoms with E-state index in [9.17, 15) is 15.3 Å². The summed E-state index contributed by atoms with van der Waals surface area (Å²) in [6, 6.07) is 1.50. The highest BCUT2D eigenvalue weighted by atomic mass is 32.1. The van der Waals surface area contributed by atoms with Crippen LogP contribution in [0.3, 0.4) is 0 Å². The van der Waals surface area contributed by atoms with Crippen molar-refractivity contribution in [3.8, 4) is 5.75 Å². The van der Waals surface area contributed by atoms with Crippen LogP contribution in [0.2, 0.25) is 0 Å². The molecule has 1 aliphatic heterocycles. The average Bonchev–Trinajstić information content (AvgIpc) is 2.43. The second-order valence-electron chi connectivity index (χ2n) is 4.49. The zero-order valence-electron chi connectivity index (χ0n) is 10.7. The third-order valence-corrected chi connectivity index (χ3v) is 3.41. The van der Waals surface area contributed by atoms with Gasteiger partial charge in [-0.2, -0.15) is 0 Å². The van der Waals surface area contributed by atoms with Crippen molar-refractivity contribution in [2.24, 2.45) is 0 Å². The van der Waals surface area contributed by atoms with Crippen molar-refractivity contribution in [2.45, 2.75) is 37.6 Å². The van der Waals surface area contributed by atoms with Crippen molar-refractivity contribution in [3.05, 3.63) is 22.6 Å². The molecule has 1 aliphatic rings. The van der Waals surface area contributed by atoms with Crippen LogP contribution in [0.1, 0.15) is 5.76 Å². The fourth-order valence-corrected chi connectivity index (χ4v) is 2.17. The van der Waals surface area contributed by atoms with Gasteiger partial charge in [0.1, 0.15) is 30.2 Å². The standard InChI is InChI=1S/C12H16O7S/c1-5-11(7(20)2-3-17-5)19-12-10(16)9(15)8(14)6(4-13)18-12/h2-3,6,8-10,12-16H,4H2,1H3. The molecular weight excluding hydrogens is 288 g/mol. The fourth-order valence-electron chi connectivity index (χ4n) is 1.92. The highest BCUT2D eigenvalue weighted by molar-refractivity contribution is 7.71. The van der Waals surface area contributed by atoms with E-state index in [2.05, 4.69) is 0 Å². The molecule has 1 aromatic heterocycles. The number of aliphatic hydroxyl groups is 4. The van der Waals surface area contributed by atoms with Gasteiger partial charge in [-0.15, -0.1) is 0 Å². The SMILES string of the molecule is Cc1occc(=S)c1OC1OC(CO)C(O)C(O)C1O. The molecular formula is C12H16O7S. The second-order valence-corrected chi connectivity index (χ2v) is 4.93. The van der Waals surface area contributed by atoms with E-state index < -0.39 is 37.3 Å². The molecule has 2 rings (SSSR count). The third-order valence-electron chi connectivity index (χ3n) is 3.09. The molecule has 0 aromatic carbocycles. The maximum absolute atomic E-state index is 9.86. The van der Waals surface area contributed by atoms with Gasteiger partial charge in [-0.25, -0.2) is 0 Å². The Balaban J connectivity index is 2.22. The van der Waals surface area contributed by atoms with E-state index in [0.29, 0.717) is 10.3 Å². The number of aliphatic hydroxyl groups excluding tert-OH is 4. The van der Waals surface area contributed by atoms with Crippen molar-refractivity contribution in [1.82, 2.24) is 0 Å². The second kappa shape index (κ2) is 6.17. The molecule has 0 amide bonds. The predicted octanol–water partition coefficient (Wildman–Crippen LogP) is -0.504. The van der Waals surface area contributed by atoms with E-state index in [1.165, 1.54) is 12.3 Å². The predicted molar refractivity (Wildman–Crippen MR) is 68.7 cm³/mol. The Labute approximate surface area is 120 Å². The van der Waals surface area contributed by atoms with E-state index in [4.69, 9.17) is 31.2 Å². The summed E-state index contributed by atoms with van der Waals surface area (Å²) < 4.78 is 16.1. The molecule has 1 saturated heterocycles. The number of ether oxygens (including phenoxy) is 2. The molecule has 5 atom stereocenters. The maximum atomic E-state index is 9.86. The van der Waals surface area contributed by atoms with E-state index in [-0.39, 0.29) is 5.75 Å². The van der Waals surface area contributed by atoms with Gasteiger partial charge in [0, 0.05) is 0 Å². The number of aryl methyl sites for hydroxylation is 1. The largest absolute Gasteiger partial charge is 0.466 e. The highest BCUT2D eigenvalue weighted by Crippen LogP contribution is 2.27. The van der Waals surface area contributed by atoms with Gasteiger partial charge in [0.25, 0.3) is 0 Å². The van der Waals surface area contributed by atoms with Crippen LogP contribution >= 0.6 is 12.2 Å². The van der Waals surface area contributed by atoms with Gasteiger partial charge < -0.3 is 34.3 Å². The normalized spacial score (nSPS) is 34.0. The molecule has 0 aliphatic carbocycles. The third kappa shape index (κ3) is 2.85. The van der Waals surface area contributed by atoms with Crippen molar-refractivity contribution in [2.75, 3.05) is 6.61 Å². The lowest BCUT2D eigenvalue weighted by Gasteiger charge is -2.39. The molecule has 1 aromatic rings. The molecule has 1 fully saturated rings. The Bertz CT molecular complexity index is 515. The maximum Gasteiger partial charge on any atom is 0.229 e. The van der Waals surface area contributed by atoms with Gasteiger partial charge >= 0.3 is 0 Å². The number of rotatable bonds is 3. The van der Waals surface area contributed by atoms with E-state index in [0.717, 1.165) is 0 Å². The minimum atomic E-state index is -1.50. The molecule has 0 radical (unpaired) electrons. The Kier molecular flexibility index (Phi) is 4.74. The van der Waals surface area contributed by atoms with Gasteiger partial charge in [0.2, 0.25) is 6.29 Å². The molecule has 8 heteroatoms. The minimum Gasteiger partial charge on any atom is -0.466 e. The van der Waals surface area contributed by atoms with E-state index in [1.807, 2.05) is 0 Å². The van der Waals surface area contributed by atoms with Crippen molar-refractivity contribution in [1.29, 1.82) is 0 Å². The molecule has 0 bridgehead atoms.